The van der Waals surface area contributed by atoms with Crippen LogP contribution in [-0.4, -0.2) is 14.6 Å². The number of thioether (sulfide) groups is 1. The second-order valence-electron chi connectivity index (χ2n) is 4.92. The third-order valence-corrected chi connectivity index (χ3v) is 4.70. The smallest absolute Gasteiger partial charge is 0.276 e. The minimum absolute atomic E-state index is 0.0110. The molecular weight excluding hydrogens is 347 g/mol. The van der Waals surface area contributed by atoms with Gasteiger partial charge in [-0.2, -0.15) is 13.2 Å². The molecule has 2 aromatic heterocycles. The Bertz CT molecular complexity index is 833. The van der Waals surface area contributed by atoms with Gasteiger partial charge in [0.05, 0.1) is 10.6 Å². The van der Waals surface area contributed by atoms with Crippen LogP contribution >= 0.6 is 23.4 Å². The molecule has 0 amide bonds. The minimum atomic E-state index is -4.48. The van der Waals surface area contributed by atoms with Gasteiger partial charge in [0.15, 0.2) is 10.8 Å². The van der Waals surface area contributed by atoms with Crippen LogP contribution in [-0.2, 0) is 6.18 Å². The summed E-state index contributed by atoms with van der Waals surface area (Å²) in [6.07, 6.45) is -3.50. The first kappa shape index (κ1) is 16.1. The maximum Gasteiger partial charge on any atom is 0.417 e. The predicted octanol–water partition coefficient (Wildman–Crippen LogP) is 5.25. The van der Waals surface area contributed by atoms with Gasteiger partial charge >= 0.3 is 6.18 Å². The standard InChI is InChI=1S/C15H11ClF3N3S/c1-9(10-5-3-2-4-6-10)23-14-21-20-13-12(16)7-11(8-22(13)14)15(17,18)19/h2-9H,1H3/t9-/m0/s1. The molecule has 1 aromatic carbocycles. The zero-order valence-corrected chi connectivity index (χ0v) is 13.5. The maximum absolute atomic E-state index is 12.9. The molecule has 120 valence electrons. The van der Waals surface area contributed by atoms with Gasteiger partial charge in [-0.1, -0.05) is 53.7 Å². The van der Waals surface area contributed by atoms with Gasteiger partial charge in [0.25, 0.3) is 0 Å². The van der Waals surface area contributed by atoms with E-state index >= 15 is 0 Å². The van der Waals surface area contributed by atoms with E-state index in [1.807, 2.05) is 37.3 Å². The quantitative estimate of drug-likeness (QED) is 0.599. The van der Waals surface area contributed by atoms with Crippen LogP contribution in [0.1, 0.15) is 23.3 Å². The van der Waals surface area contributed by atoms with E-state index in [-0.39, 0.29) is 15.9 Å². The summed E-state index contributed by atoms with van der Waals surface area (Å²) in [5.41, 5.74) is 0.429. The molecule has 0 aliphatic carbocycles. The number of alkyl halides is 3. The topological polar surface area (TPSA) is 30.2 Å². The Hall–Kier alpha value is -1.73. The van der Waals surface area contributed by atoms with Crippen molar-refractivity contribution in [2.45, 2.75) is 23.5 Å². The van der Waals surface area contributed by atoms with Crippen LogP contribution in [0, 0.1) is 0 Å². The lowest BCUT2D eigenvalue weighted by molar-refractivity contribution is -0.137. The monoisotopic (exact) mass is 357 g/mol. The number of pyridine rings is 1. The molecule has 23 heavy (non-hydrogen) atoms. The minimum Gasteiger partial charge on any atom is -0.276 e. The van der Waals surface area contributed by atoms with Gasteiger partial charge in [-0.3, -0.25) is 4.40 Å². The summed E-state index contributed by atoms with van der Waals surface area (Å²) in [7, 11) is 0. The number of hydrogen-bond donors (Lipinski definition) is 0. The van der Waals surface area contributed by atoms with Crippen molar-refractivity contribution in [1.29, 1.82) is 0 Å². The highest BCUT2D eigenvalue weighted by Crippen LogP contribution is 2.37. The van der Waals surface area contributed by atoms with Crippen LogP contribution in [0.3, 0.4) is 0 Å². The third-order valence-electron chi connectivity index (χ3n) is 3.31. The number of benzene rings is 1. The maximum atomic E-state index is 12.9. The van der Waals surface area contributed by atoms with Gasteiger partial charge in [0.1, 0.15) is 0 Å². The molecule has 0 spiro atoms. The number of nitrogens with zero attached hydrogens (tertiary/aromatic N) is 3. The summed E-state index contributed by atoms with van der Waals surface area (Å²) in [6.45, 7) is 1.95. The van der Waals surface area contributed by atoms with Crippen molar-refractivity contribution < 1.29 is 13.2 Å². The van der Waals surface area contributed by atoms with E-state index in [0.29, 0.717) is 5.16 Å². The molecule has 3 rings (SSSR count). The average Bonchev–Trinajstić information content (AvgIpc) is 2.91. The molecule has 3 aromatic rings. The fourth-order valence-corrected chi connectivity index (χ4v) is 3.32. The Balaban J connectivity index is 2.00. The summed E-state index contributed by atoms with van der Waals surface area (Å²) in [6, 6.07) is 10.5. The van der Waals surface area contributed by atoms with Gasteiger partial charge in [-0.05, 0) is 18.6 Å². The Labute approximate surface area is 139 Å². The lowest BCUT2D eigenvalue weighted by atomic mass is 10.2. The van der Waals surface area contributed by atoms with Gasteiger partial charge in [0, 0.05) is 11.4 Å². The second kappa shape index (κ2) is 6.05. The van der Waals surface area contributed by atoms with E-state index in [4.69, 9.17) is 11.6 Å². The van der Waals surface area contributed by atoms with Crippen molar-refractivity contribution in [1.82, 2.24) is 14.6 Å². The second-order valence-corrected chi connectivity index (χ2v) is 6.64. The van der Waals surface area contributed by atoms with Crippen molar-refractivity contribution in [3.8, 4) is 0 Å². The summed E-state index contributed by atoms with van der Waals surface area (Å²) in [5, 5.41) is 8.15. The van der Waals surface area contributed by atoms with E-state index in [1.165, 1.54) is 16.2 Å². The highest BCUT2D eigenvalue weighted by atomic mass is 35.5. The summed E-state index contributed by atoms with van der Waals surface area (Å²) < 4.78 is 40.1. The largest absolute Gasteiger partial charge is 0.417 e. The van der Waals surface area contributed by atoms with Crippen molar-refractivity contribution in [3.63, 3.8) is 0 Å². The van der Waals surface area contributed by atoms with Gasteiger partial charge in [0.2, 0.25) is 0 Å². The lowest BCUT2D eigenvalue weighted by Gasteiger charge is -2.11. The van der Waals surface area contributed by atoms with Crippen molar-refractivity contribution >= 4 is 29.0 Å². The zero-order valence-electron chi connectivity index (χ0n) is 11.9. The number of halogens is 4. The summed E-state index contributed by atoms with van der Waals surface area (Å²) in [4.78, 5) is 0. The van der Waals surface area contributed by atoms with E-state index in [9.17, 15) is 13.2 Å². The summed E-state index contributed by atoms with van der Waals surface area (Å²) in [5.74, 6) is 0. The number of aromatic nitrogens is 3. The van der Waals surface area contributed by atoms with Crippen molar-refractivity contribution in [3.05, 3.63) is 58.7 Å². The summed E-state index contributed by atoms with van der Waals surface area (Å²) >= 11 is 7.23. The van der Waals surface area contributed by atoms with Crippen LogP contribution in [0.5, 0.6) is 0 Å². The highest BCUT2D eigenvalue weighted by molar-refractivity contribution is 7.99. The zero-order chi connectivity index (χ0) is 16.6. The fraction of sp³-hybridized carbons (Fsp3) is 0.200. The van der Waals surface area contributed by atoms with Crippen LogP contribution in [0.25, 0.3) is 5.65 Å². The van der Waals surface area contributed by atoms with E-state index in [1.54, 1.807) is 0 Å². The first-order valence-corrected chi connectivity index (χ1v) is 7.95. The Kier molecular flexibility index (Phi) is 4.25. The Morgan fingerprint density at radius 1 is 1.17 bits per heavy atom. The van der Waals surface area contributed by atoms with E-state index < -0.39 is 11.7 Å². The molecule has 0 N–H and O–H groups in total. The molecule has 0 saturated carbocycles. The van der Waals surface area contributed by atoms with Gasteiger partial charge in [-0.25, -0.2) is 0 Å². The molecule has 0 saturated heterocycles. The number of fused-ring (bicyclic) bond motifs is 1. The highest BCUT2D eigenvalue weighted by Gasteiger charge is 2.32. The SMILES string of the molecule is C[C@H](Sc1nnc2c(Cl)cc(C(F)(F)F)cn12)c1ccccc1. The molecular formula is C15H11ClF3N3S. The fourth-order valence-electron chi connectivity index (χ4n) is 2.12. The third kappa shape index (κ3) is 3.30. The van der Waals surface area contributed by atoms with E-state index in [2.05, 4.69) is 10.2 Å². The normalized spacial score (nSPS) is 13.4. The number of hydrogen-bond acceptors (Lipinski definition) is 3. The molecule has 0 fully saturated rings. The molecule has 1 atom stereocenters. The molecule has 0 bridgehead atoms. The van der Waals surface area contributed by atoms with Crippen LogP contribution in [0.4, 0.5) is 13.2 Å². The first-order valence-electron chi connectivity index (χ1n) is 6.69. The molecule has 3 nitrogen and oxygen atoms in total. The van der Waals surface area contributed by atoms with Crippen LogP contribution in [0.2, 0.25) is 5.02 Å². The Morgan fingerprint density at radius 2 is 1.87 bits per heavy atom. The van der Waals surface area contributed by atoms with Crippen molar-refractivity contribution in [2.75, 3.05) is 0 Å². The molecule has 0 aliphatic heterocycles. The van der Waals surface area contributed by atoms with E-state index in [0.717, 1.165) is 17.8 Å². The molecule has 2 heterocycles. The van der Waals surface area contributed by atoms with Crippen molar-refractivity contribution in [2.24, 2.45) is 0 Å². The Morgan fingerprint density at radius 3 is 2.52 bits per heavy atom. The average molecular weight is 358 g/mol. The van der Waals surface area contributed by atoms with Gasteiger partial charge in [-0.15, -0.1) is 10.2 Å². The van der Waals surface area contributed by atoms with Crippen LogP contribution < -0.4 is 0 Å². The molecule has 0 radical (unpaired) electrons. The van der Waals surface area contributed by atoms with Gasteiger partial charge < -0.3 is 0 Å². The van der Waals surface area contributed by atoms with Crippen LogP contribution in [0.15, 0.2) is 47.8 Å². The predicted molar refractivity (Wildman–Crippen MR) is 83.7 cm³/mol. The first-order chi connectivity index (χ1) is 10.9. The molecule has 0 aliphatic rings. The number of rotatable bonds is 3. The molecule has 0 unspecified atom stereocenters. The molecule has 8 heteroatoms. The lowest BCUT2D eigenvalue weighted by Crippen LogP contribution is -2.07.